The van der Waals surface area contributed by atoms with Crippen molar-refractivity contribution in [2.24, 2.45) is 0 Å². The van der Waals surface area contributed by atoms with E-state index in [2.05, 4.69) is 28.2 Å². The van der Waals surface area contributed by atoms with Crippen LogP contribution in [0.2, 0.25) is 0 Å². The standard InChI is InChI=1S/C15H22BrNO2/c1-5-15(4,10-16)17-14(18)12-7-6-8-13(9-12)19-11(2)3/h6-9,11H,5,10H2,1-4H3,(H,17,18). The third kappa shape index (κ3) is 4.86. The Morgan fingerprint density at radius 1 is 1.47 bits per heavy atom. The minimum absolute atomic E-state index is 0.0713. The SMILES string of the molecule is CCC(C)(CBr)NC(=O)c1cccc(OC(C)C)c1. The molecular weight excluding hydrogens is 306 g/mol. The summed E-state index contributed by atoms with van der Waals surface area (Å²) in [5.41, 5.74) is 0.394. The van der Waals surface area contributed by atoms with E-state index in [0.717, 1.165) is 17.5 Å². The summed E-state index contributed by atoms with van der Waals surface area (Å²) >= 11 is 3.44. The minimum atomic E-state index is -0.230. The lowest BCUT2D eigenvalue weighted by Crippen LogP contribution is -2.46. The first-order valence-electron chi connectivity index (χ1n) is 6.55. The molecule has 1 amide bonds. The first-order chi connectivity index (χ1) is 8.90. The molecule has 0 spiro atoms. The summed E-state index contributed by atoms with van der Waals surface area (Å²) in [5.74, 6) is 0.651. The van der Waals surface area contributed by atoms with Crippen LogP contribution in [-0.2, 0) is 0 Å². The molecule has 1 aromatic rings. The van der Waals surface area contributed by atoms with Crippen LogP contribution in [0.25, 0.3) is 0 Å². The summed E-state index contributed by atoms with van der Waals surface area (Å²) in [6.45, 7) is 8.01. The van der Waals surface area contributed by atoms with Crippen molar-refractivity contribution >= 4 is 21.8 Å². The summed E-state index contributed by atoms with van der Waals surface area (Å²) in [4.78, 5) is 12.2. The molecule has 1 N–H and O–H groups in total. The number of amides is 1. The minimum Gasteiger partial charge on any atom is -0.491 e. The van der Waals surface area contributed by atoms with Gasteiger partial charge < -0.3 is 10.1 Å². The number of hydrogen-bond donors (Lipinski definition) is 1. The topological polar surface area (TPSA) is 38.3 Å². The average molecular weight is 328 g/mol. The number of ether oxygens (including phenoxy) is 1. The summed E-state index contributed by atoms with van der Waals surface area (Å²) in [5, 5.41) is 3.77. The van der Waals surface area contributed by atoms with Gasteiger partial charge in [0.2, 0.25) is 0 Å². The van der Waals surface area contributed by atoms with Gasteiger partial charge >= 0.3 is 0 Å². The highest BCUT2D eigenvalue weighted by Crippen LogP contribution is 2.17. The number of carbonyl (C=O) groups is 1. The molecule has 0 heterocycles. The van der Waals surface area contributed by atoms with Gasteiger partial charge in [0.25, 0.3) is 5.91 Å². The molecule has 0 aliphatic heterocycles. The molecule has 0 aromatic heterocycles. The molecule has 0 bridgehead atoms. The molecular formula is C15H22BrNO2. The number of benzene rings is 1. The predicted molar refractivity (Wildman–Crippen MR) is 82.2 cm³/mol. The average Bonchev–Trinajstić information content (AvgIpc) is 2.38. The maximum Gasteiger partial charge on any atom is 0.251 e. The molecule has 1 rings (SSSR count). The summed E-state index contributed by atoms with van der Waals surface area (Å²) < 4.78 is 5.60. The van der Waals surface area contributed by atoms with Gasteiger partial charge in [0.15, 0.2) is 0 Å². The third-order valence-corrected chi connectivity index (χ3v) is 4.20. The lowest BCUT2D eigenvalue weighted by atomic mass is 10.0. The van der Waals surface area contributed by atoms with E-state index in [1.165, 1.54) is 0 Å². The molecule has 106 valence electrons. The van der Waals surface area contributed by atoms with E-state index in [0.29, 0.717) is 5.56 Å². The molecule has 1 aromatic carbocycles. The van der Waals surface area contributed by atoms with Crippen molar-refractivity contribution < 1.29 is 9.53 Å². The zero-order chi connectivity index (χ0) is 14.5. The molecule has 0 saturated heterocycles. The van der Waals surface area contributed by atoms with Crippen molar-refractivity contribution in [1.82, 2.24) is 5.32 Å². The van der Waals surface area contributed by atoms with Crippen molar-refractivity contribution in [2.45, 2.75) is 45.8 Å². The van der Waals surface area contributed by atoms with Crippen molar-refractivity contribution in [3.8, 4) is 5.75 Å². The Kier molecular flexibility index (Phi) is 5.85. The second kappa shape index (κ2) is 6.94. The Labute approximate surface area is 123 Å². The van der Waals surface area contributed by atoms with E-state index in [4.69, 9.17) is 4.74 Å². The van der Waals surface area contributed by atoms with Gasteiger partial charge in [-0.3, -0.25) is 4.79 Å². The van der Waals surface area contributed by atoms with Crippen molar-refractivity contribution in [2.75, 3.05) is 5.33 Å². The molecule has 0 fully saturated rings. The van der Waals surface area contributed by atoms with Crippen LogP contribution in [0.3, 0.4) is 0 Å². The van der Waals surface area contributed by atoms with Crippen LogP contribution in [0.1, 0.15) is 44.5 Å². The molecule has 0 aliphatic carbocycles. The van der Waals surface area contributed by atoms with Gasteiger partial charge in [0.05, 0.1) is 6.10 Å². The van der Waals surface area contributed by atoms with Crippen LogP contribution >= 0.6 is 15.9 Å². The summed E-state index contributed by atoms with van der Waals surface area (Å²) in [7, 11) is 0. The summed E-state index contributed by atoms with van der Waals surface area (Å²) in [6, 6.07) is 7.27. The molecule has 19 heavy (non-hydrogen) atoms. The van der Waals surface area contributed by atoms with Gasteiger partial charge in [0, 0.05) is 16.4 Å². The van der Waals surface area contributed by atoms with Crippen LogP contribution in [0, 0.1) is 0 Å². The van der Waals surface area contributed by atoms with Crippen molar-refractivity contribution in [3.05, 3.63) is 29.8 Å². The first kappa shape index (κ1) is 16.0. The molecule has 3 nitrogen and oxygen atoms in total. The molecule has 1 unspecified atom stereocenters. The number of rotatable bonds is 6. The van der Waals surface area contributed by atoms with Crippen molar-refractivity contribution in [3.63, 3.8) is 0 Å². The molecule has 4 heteroatoms. The Hall–Kier alpha value is -1.03. The number of nitrogens with one attached hydrogen (secondary N) is 1. The fraction of sp³-hybridized carbons (Fsp3) is 0.533. The molecule has 0 radical (unpaired) electrons. The molecule has 0 aliphatic rings. The van der Waals surface area contributed by atoms with E-state index in [1.807, 2.05) is 32.9 Å². The van der Waals surface area contributed by atoms with Crippen LogP contribution < -0.4 is 10.1 Å². The Morgan fingerprint density at radius 3 is 2.68 bits per heavy atom. The van der Waals surface area contributed by atoms with Crippen molar-refractivity contribution in [1.29, 1.82) is 0 Å². The second-order valence-electron chi connectivity index (χ2n) is 5.20. The zero-order valence-corrected chi connectivity index (χ0v) is 13.6. The lowest BCUT2D eigenvalue weighted by molar-refractivity contribution is 0.0912. The fourth-order valence-electron chi connectivity index (χ4n) is 1.55. The maximum absolute atomic E-state index is 12.2. The quantitative estimate of drug-likeness (QED) is 0.808. The van der Waals surface area contributed by atoms with E-state index in [-0.39, 0.29) is 17.6 Å². The van der Waals surface area contributed by atoms with Gasteiger partial charge in [0.1, 0.15) is 5.75 Å². The monoisotopic (exact) mass is 327 g/mol. The number of carbonyl (C=O) groups excluding carboxylic acids is 1. The van der Waals surface area contributed by atoms with Crippen LogP contribution in [0.4, 0.5) is 0 Å². The van der Waals surface area contributed by atoms with Crippen LogP contribution in [0.15, 0.2) is 24.3 Å². The predicted octanol–water partition coefficient (Wildman–Crippen LogP) is 3.77. The Morgan fingerprint density at radius 2 is 2.16 bits per heavy atom. The van der Waals surface area contributed by atoms with E-state index < -0.39 is 0 Å². The van der Waals surface area contributed by atoms with E-state index in [9.17, 15) is 4.79 Å². The highest BCUT2D eigenvalue weighted by molar-refractivity contribution is 9.09. The normalized spacial score (nSPS) is 14.0. The number of alkyl halides is 1. The van der Waals surface area contributed by atoms with Gasteiger partial charge in [-0.1, -0.05) is 28.9 Å². The van der Waals surface area contributed by atoms with Crippen LogP contribution in [0.5, 0.6) is 5.75 Å². The van der Waals surface area contributed by atoms with E-state index in [1.54, 1.807) is 12.1 Å². The Bertz CT molecular complexity index is 428. The number of hydrogen-bond acceptors (Lipinski definition) is 2. The van der Waals surface area contributed by atoms with Gasteiger partial charge in [-0.05, 0) is 45.4 Å². The largest absolute Gasteiger partial charge is 0.491 e. The zero-order valence-electron chi connectivity index (χ0n) is 12.0. The fourth-order valence-corrected chi connectivity index (χ4v) is 2.08. The first-order valence-corrected chi connectivity index (χ1v) is 7.67. The third-order valence-electron chi connectivity index (χ3n) is 2.96. The highest BCUT2D eigenvalue weighted by Gasteiger charge is 2.23. The molecule has 0 saturated carbocycles. The van der Waals surface area contributed by atoms with Gasteiger partial charge in [-0.15, -0.1) is 0 Å². The van der Waals surface area contributed by atoms with Gasteiger partial charge in [-0.2, -0.15) is 0 Å². The maximum atomic E-state index is 12.2. The summed E-state index contributed by atoms with van der Waals surface area (Å²) in [6.07, 6.45) is 0.966. The lowest BCUT2D eigenvalue weighted by Gasteiger charge is -2.27. The Balaban J connectivity index is 2.82. The van der Waals surface area contributed by atoms with Crippen LogP contribution in [-0.4, -0.2) is 22.9 Å². The van der Waals surface area contributed by atoms with E-state index >= 15 is 0 Å². The number of halogens is 1. The van der Waals surface area contributed by atoms with Gasteiger partial charge in [-0.25, -0.2) is 0 Å². The second-order valence-corrected chi connectivity index (χ2v) is 5.76. The highest BCUT2D eigenvalue weighted by atomic mass is 79.9. The smallest absolute Gasteiger partial charge is 0.251 e. The molecule has 1 atom stereocenters.